The molecule has 0 aliphatic carbocycles. The van der Waals surface area contributed by atoms with Gasteiger partial charge in [0.05, 0.1) is 11.6 Å². The Hall–Kier alpha value is -1.44. The molecular weight excluding hydrogens is 328 g/mol. The quantitative estimate of drug-likeness (QED) is 0.850. The molecule has 0 spiro atoms. The fourth-order valence-corrected chi connectivity index (χ4v) is 3.57. The fourth-order valence-electron chi connectivity index (χ4n) is 2.89. The molecule has 0 saturated carbocycles. The molecule has 7 heteroatoms. The number of nitrogens with one attached hydrogen (secondary N) is 1. The Morgan fingerprint density at radius 2 is 1.87 bits per heavy atom. The zero-order valence-electron chi connectivity index (χ0n) is 12.2. The van der Waals surface area contributed by atoms with Gasteiger partial charge in [-0.25, -0.2) is 4.39 Å². The van der Waals surface area contributed by atoms with Gasteiger partial charge in [-0.15, -0.1) is 0 Å². The lowest BCUT2D eigenvalue weighted by molar-refractivity contribution is -0.137. The standard InChI is InChI=1S/C16H16F4N2S/c17-14-2-1-12(16(18,19)20)9-13(14)15(11-3-8-23-10-11)22-6-4-21-5-7-22/h1-3,8-10,15,21H,4-7H2/t15-/m0/s1. The summed E-state index contributed by atoms with van der Waals surface area (Å²) >= 11 is 1.46. The number of alkyl halides is 3. The summed E-state index contributed by atoms with van der Waals surface area (Å²) < 4.78 is 53.4. The third kappa shape index (κ3) is 3.57. The van der Waals surface area contributed by atoms with Crippen molar-refractivity contribution in [3.63, 3.8) is 0 Å². The molecule has 1 atom stereocenters. The maximum absolute atomic E-state index is 14.3. The second kappa shape index (κ2) is 6.59. The topological polar surface area (TPSA) is 15.3 Å². The van der Waals surface area contributed by atoms with Crippen molar-refractivity contribution in [2.75, 3.05) is 26.2 Å². The molecule has 1 aliphatic rings. The van der Waals surface area contributed by atoms with E-state index in [-0.39, 0.29) is 5.56 Å². The Labute approximate surface area is 135 Å². The molecule has 0 bridgehead atoms. The molecule has 3 rings (SSSR count). The zero-order valence-corrected chi connectivity index (χ0v) is 13.1. The van der Waals surface area contributed by atoms with Crippen molar-refractivity contribution in [1.82, 2.24) is 10.2 Å². The van der Waals surface area contributed by atoms with Crippen molar-refractivity contribution < 1.29 is 17.6 Å². The second-order valence-electron chi connectivity index (χ2n) is 5.48. The predicted molar refractivity (Wildman–Crippen MR) is 82.0 cm³/mol. The van der Waals surface area contributed by atoms with Crippen LogP contribution >= 0.6 is 11.3 Å². The Morgan fingerprint density at radius 3 is 2.48 bits per heavy atom. The summed E-state index contributed by atoms with van der Waals surface area (Å²) in [7, 11) is 0. The molecule has 2 heterocycles. The smallest absolute Gasteiger partial charge is 0.314 e. The summed E-state index contributed by atoms with van der Waals surface area (Å²) in [5, 5.41) is 6.93. The third-order valence-electron chi connectivity index (χ3n) is 3.99. The summed E-state index contributed by atoms with van der Waals surface area (Å²) in [6.07, 6.45) is -4.48. The first-order valence-corrected chi connectivity index (χ1v) is 8.24. The van der Waals surface area contributed by atoms with Crippen LogP contribution in [0.2, 0.25) is 0 Å². The minimum Gasteiger partial charge on any atom is -0.314 e. The van der Waals surface area contributed by atoms with Crippen LogP contribution < -0.4 is 5.32 Å². The normalized spacial score (nSPS) is 18.1. The van der Waals surface area contributed by atoms with Crippen LogP contribution in [-0.4, -0.2) is 31.1 Å². The lowest BCUT2D eigenvalue weighted by Gasteiger charge is -2.35. The average molecular weight is 344 g/mol. The number of benzene rings is 1. The van der Waals surface area contributed by atoms with E-state index in [4.69, 9.17) is 0 Å². The SMILES string of the molecule is Fc1ccc(C(F)(F)F)cc1[C@H](c1ccsc1)N1CCNCC1. The van der Waals surface area contributed by atoms with Crippen molar-refractivity contribution in [2.24, 2.45) is 0 Å². The Kier molecular flexibility index (Phi) is 4.70. The highest BCUT2D eigenvalue weighted by molar-refractivity contribution is 7.08. The summed E-state index contributed by atoms with van der Waals surface area (Å²) in [5.74, 6) is -0.604. The maximum Gasteiger partial charge on any atom is 0.416 e. The van der Waals surface area contributed by atoms with Gasteiger partial charge in [0.15, 0.2) is 0 Å². The van der Waals surface area contributed by atoms with E-state index in [1.54, 1.807) is 0 Å². The average Bonchev–Trinajstić information content (AvgIpc) is 3.03. The highest BCUT2D eigenvalue weighted by atomic mass is 32.1. The van der Waals surface area contributed by atoms with Gasteiger partial charge in [-0.05, 0) is 40.6 Å². The summed E-state index contributed by atoms with van der Waals surface area (Å²) in [5.41, 5.74) is 0.0968. The Bertz CT molecular complexity index is 649. The molecule has 1 N–H and O–H groups in total. The van der Waals surface area contributed by atoms with Crippen molar-refractivity contribution in [2.45, 2.75) is 12.2 Å². The molecule has 1 aliphatic heterocycles. The van der Waals surface area contributed by atoms with E-state index >= 15 is 0 Å². The van der Waals surface area contributed by atoms with Crippen LogP contribution in [0, 0.1) is 5.82 Å². The van der Waals surface area contributed by atoms with Gasteiger partial charge >= 0.3 is 6.18 Å². The fraction of sp³-hybridized carbons (Fsp3) is 0.375. The third-order valence-corrected chi connectivity index (χ3v) is 4.70. The van der Waals surface area contributed by atoms with Crippen LogP contribution in [0.1, 0.15) is 22.7 Å². The van der Waals surface area contributed by atoms with Gasteiger partial charge in [0.25, 0.3) is 0 Å². The molecule has 1 fully saturated rings. The molecule has 1 aromatic heterocycles. The van der Waals surface area contributed by atoms with Crippen LogP contribution in [0.3, 0.4) is 0 Å². The monoisotopic (exact) mass is 344 g/mol. The first kappa shape index (κ1) is 16.4. The van der Waals surface area contributed by atoms with Gasteiger partial charge in [0.1, 0.15) is 5.82 Å². The van der Waals surface area contributed by atoms with Gasteiger partial charge in [-0.1, -0.05) is 0 Å². The molecule has 1 saturated heterocycles. The Morgan fingerprint density at radius 1 is 1.13 bits per heavy atom. The number of hydrogen-bond donors (Lipinski definition) is 1. The first-order valence-electron chi connectivity index (χ1n) is 7.30. The zero-order chi connectivity index (χ0) is 16.4. The second-order valence-corrected chi connectivity index (χ2v) is 6.26. The van der Waals surface area contributed by atoms with Crippen LogP contribution in [0.15, 0.2) is 35.0 Å². The molecule has 23 heavy (non-hydrogen) atoms. The highest BCUT2D eigenvalue weighted by Crippen LogP contribution is 2.36. The number of piperazine rings is 1. The van der Waals surface area contributed by atoms with Crippen molar-refractivity contribution >= 4 is 11.3 Å². The van der Waals surface area contributed by atoms with Gasteiger partial charge in [0.2, 0.25) is 0 Å². The van der Waals surface area contributed by atoms with E-state index in [1.807, 2.05) is 21.7 Å². The van der Waals surface area contributed by atoms with Gasteiger partial charge in [-0.3, -0.25) is 4.90 Å². The molecule has 0 unspecified atom stereocenters. The molecule has 124 valence electrons. The lowest BCUT2D eigenvalue weighted by Crippen LogP contribution is -2.45. The van der Waals surface area contributed by atoms with E-state index < -0.39 is 23.6 Å². The van der Waals surface area contributed by atoms with Crippen molar-refractivity contribution in [3.8, 4) is 0 Å². The minimum atomic E-state index is -4.48. The summed E-state index contributed by atoms with van der Waals surface area (Å²) in [4.78, 5) is 2.02. The first-order chi connectivity index (χ1) is 11.0. The van der Waals surface area contributed by atoms with Crippen molar-refractivity contribution in [3.05, 3.63) is 57.5 Å². The van der Waals surface area contributed by atoms with E-state index in [1.165, 1.54) is 11.3 Å². The van der Waals surface area contributed by atoms with E-state index in [0.29, 0.717) is 13.1 Å². The largest absolute Gasteiger partial charge is 0.416 e. The van der Waals surface area contributed by atoms with Gasteiger partial charge in [0, 0.05) is 31.7 Å². The van der Waals surface area contributed by atoms with Crippen molar-refractivity contribution in [1.29, 1.82) is 0 Å². The van der Waals surface area contributed by atoms with E-state index in [2.05, 4.69) is 5.32 Å². The molecule has 2 nitrogen and oxygen atoms in total. The van der Waals surface area contributed by atoms with Crippen LogP contribution in [0.5, 0.6) is 0 Å². The highest BCUT2D eigenvalue weighted by Gasteiger charge is 2.33. The number of halogens is 4. The molecule has 2 aromatic rings. The molecule has 0 radical (unpaired) electrons. The van der Waals surface area contributed by atoms with E-state index in [0.717, 1.165) is 36.9 Å². The van der Waals surface area contributed by atoms with Gasteiger partial charge < -0.3 is 5.32 Å². The summed E-state index contributed by atoms with van der Waals surface area (Å²) in [6, 6.07) is 4.00. The number of rotatable bonds is 3. The summed E-state index contributed by atoms with van der Waals surface area (Å²) in [6.45, 7) is 2.80. The Balaban J connectivity index is 2.06. The molecule has 1 aromatic carbocycles. The molecule has 0 amide bonds. The number of hydrogen-bond acceptors (Lipinski definition) is 3. The van der Waals surface area contributed by atoms with Gasteiger partial charge in [-0.2, -0.15) is 24.5 Å². The number of nitrogens with zero attached hydrogens (tertiary/aromatic N) is 1. The minimum absolute atomic E-state index is 0.0834. The van der Waals surface area contributed by atoms with Crippen LogP contribution in [0.4, 0.5) is 17.6 Å². The van der Waals surface area contributed by atoms with Crippen LogP contribution in [0.25, 0.3) is 0 Å². The lowest BCUT2D eigenvalue weighted by atomic mass is 9.96. The van der Waals surface area contributed by atoms with Crippen LogP contribution in [-0.2, 0) is 6.18 Å². The molecular formula is C16H16F4N2S. The number of thiophene rings is 1. The predicted octanol–water partition coefficient (Wildman–Crippen LogP) is 3.90. The van der Waals surface area contributed by atoms with E-state index in [9.17, 15) is 17.6 Å². The maximum atomic E-state index is 14.3.